The van der Waals surface area contributed by atoms with Crippen LogP contribution in [-0.4, -0.2) is 62.7 Å². The summed E-state index contributed by atoms with van der Waals surface area (Å²) in [6, 6.07) is 7.25. The van der Waals surface area contributed by atoms with Crippen LogP contribution in [-0.2, 0) is 14.3 Å². The number of amides is 3. The highest BCUT2D eigenvalue weighted by atomic mass is 16.6. The summed E-state index contributed by atoms with van der Waals surface area (Å²) in [7, 11) is 1.55. The first-order valence-electron chi connectivity index (χ1n) is 8.73. The highest BCUT2D eigenvalue weighted by Gasteiger charge is 2.36. The van der Waals surface area contributed by atoms with E-state index in [1.165, 1.54) is 0 Å². The molecule has 2 aliphatic rings. The van der Waals surface area contributed by atoms with Gasteiger partial charge in [0.15, 0.2) is 0 Å². The number of ether oxygens (including phenoxy) is 2. The maximum atomic E-state index is 12.4. The van der Waals surface area contributed by atoms with Crippen molar-refractivity contribution in [2.75, 3.05) is 44.8 Å². The van der Waals surface area contributed by atoms with E-state index < -0.39 is 5.92 Å². The maximum Gasteiger partial charge on any atom is 0.409 e. The Kier molecular flexibility index (Phi) is 5.60. The number of rotatable bonds is 6. The molecular formula is C18H23N3O5. The van der Waals surface area contributed by atoms with Crippen molar-refractivity contribution in [1.29, 1.82) is 0 Å². The zero-order chi connectivity index (χ0) is 18.5. The molecule has 0 aliphatic carbocycles. The molecule has 1 aromatic rings. The fraction of sp³-hybridized carbons (Fsp3) is 0.500. The van der Waals surface area contributed by atoms with E-state index in [9.17, 15) is 14.4 Å². The molecule has 0 unspecified atom stereocenters. The molecule has 2 fully saturated rings. The minimum atomic E-state index is -0.416. The Balaban J connectivity index is 1.53. The number of nitrogens with zero attached hydrogens (tertiary/aromatic N) is 2. The van der Waals surface area contributed by atoms with Crippen LogP contribution in [0.1, 0.15) is 12.8 Å². The Hall–Kier alpha value is -2.77. The van der Waals surface area contributed by atoms with Crippen molar-refractivity contribution in [1.82, 2.24) is 10.2 Å². The van der Waals surface area contributed by atoms with Gasteiger partial charge in [-0.05, 0) is 18.6 Å². The number of para-hydroxylation sites is 2. The van der Waals surface area contributed by atoms with Gasteiger partial charge in [-0.25, -0.2) is 4.79 Å². The van der Waals surface area contributed by atoms with Gasteiger partial charge >= 0.3 is 6.09 Å². The molecule has 3 amide bonds. The van der Waals surface area contributed by atoms with Gasteiger partial charge < -0.3 is 24.6 Å². The third-order valence-corrected chi connectivity index (χ3v) is 4.61. The van der Waals surface area contributed by atoms with E-state index in [-0.39, 0.29) is 24.3 Å². The second kappa shape index (κ2) is 8.07. The smallest absolute Gasteiger partial charge is 0.409 e. The van der Waals surface area contributed by atoms with Crippen molar-refractivity contribution in [3.8, 4) is 5.75 Å². The Morgan fingerprint density at radius 2 is 2.15 bits per heavy atom. The van der Waals surface area contributed by atoms with Crippen LogP contribution >= 0.6 is 0 Å². The molecule has 1 aromatic carbocycles. The predicted octanol–water partition coefficient (Wildman–Crippen LogP) is 1.01. The number of carbonyl (C=O) groups excluding carboxylic acids is 3. The van der Waals surface area contributed by atoms with E-state index in [0.29, 0.717) is 44.2 Å². The van der Waals surface area contributed by atoms with E-state index in [1.807, 2.05) is 12.1 Å². The average Bonchev–Trinajstić information content (AvgIpc) is 3.05. The van der Waals surface area contributed by atoms with E-state index in [1.54, 1.807) is 29.0 Å². The minimum Gasteiger partial charge on any atom is -0.495 e. The zero-order valence-electron chi connectivity index (χ0n) is 14.8. The van der Waals surface area contributed by atoms with Gasteiger partial charge in [0.05, 0.1) is 25.3 Å². The summed E-state index contributed by atoms with van der Waals surface area (Å²) in [6.07, 6.45) is 0.615. The maximum absolute atomic E-state index is 12.4. The van der Waals surface area contributed by atoms with Crippen LogP contribution in [0.25, 0.3) is 0 Å². The monoisotopic (exact) mass is 361 g/mol. The molecule has 140 valence electrons. The minimum absolute atomic E-state index is 0.103. The molecule has 0 saturated carbocycles. The highest BCUT2D eigenvalue weighted by Crippen LogP contribution is 2.32. The van der Waals surface area contributed by atoms with Crippen molar-refractivity contribution in [3.05, 3.63) is 24.3 Å². The zero-order valence-corrected chi connectivity index (χ0v) is 14.8. The largest absolute Gasteiger partial charge is 0.495 e. The van der Waals surface area contributed by atoms with Crippen molar-refractivity contribution in [2.45, 2.75) is 12.8 Å². The van der Waals surface area contributed by atoms with Gasteiger partial charge in [-0.15, -0.1) is 0 Å². The molecule has 0 radical (unpaired) electrons. The summed E-state index contributed by atoms with van der Waals surface area (Å²) >= 11 is 0. The first-order valence-corrected chi connectivity index (χ1v) is 8.73. The summed E-state index contributed by atoms with van der Waals surface area (Å²) in [5, 5.41) is 2.82. The molecular weight excluding hydrogens is 338 g/mol. The standard InChI is InChI=1S/C18H23N3O5/c1-25-15-6-3-2-5-14(15)21-12-13(11-16(21)22)17(23)19-7-9-20-8-4-10-26-18(20)24/h2-3,5-6,13H,4,7-12H2,1H3,(H,19,23)/t13-/m0/s1. The van der Waals surface area contributed by atoms with Gasteiger partial charge in [0.25, 0.3) is 0 Å². The van der Waals surface area contributed by atoms with Gasteiger partial charge in [0.1, 0.15) is 5.75 Å². The Labute approximate surface area is 152 Å². The number of cyclic esters (lactones) is 1. The summed E-state index contributed by atoms with van der Waals surface area (Å²) in [6.45, 7) is 2.15. The van der Waals surface area contributed by atoms with Crippen molar-refractivity contribution >= 4 is 23.6 Å². The molecule has 1 N–H and O–H groups in total. The molecule has 26 heavy (non-hydrogen) atoms. The third-order valence-electron chi connectivity index (χ3n) is 4.61. The number of hydrogen-bond donors (Lipinski definition) is 1. The first kappa shape index (κ1) is 18.0. The van der Waals surface area contributed by atoms with Crippen LogP contribution in [0.4, 0.5) is 10.5 Å². The molecule has 2 aliphatic heterocycles. The Morgan fingerprint density at radius 1 is 1.35 bits per heavy atom. The predicted molar refractivity (Wildman–Crippen MR) is 94.0 cm³/mol. The van der Waals surface area contributed by atoms with Crippen LogP contribution in [0.2, 0.25) is 0 Å². The van der Waals surface area contributed by atoms with E-state index in [4.69, 9.17) is 9.47 Å². The molecule has 0 aromatic heterocycles. The lowest BCUT2D eigenvalue weighted by molar-refractivity contribution is -0.126. The van der Waals surface area contributed by atoms with E-state index in [0.717, 1.165) is 6.42 Å². The second-order valence-electron chi connectivity index (χ2n) is 6.32. The number of benzene rings is 1. The lowest BCUT2D eigenvalue weighted by Gasteiger charge is -2.26. The van der Waals surface area contributed by atoms with E-state index >= 15 is 0 Å². The molecule has 8 nitrogen and oxygen atoms in total. The van der Waals surface area contributed by atoms with Gasteiger partial charge in [-0.3, -0.25) is 9.59 Å². The van der Waals surface area contributed by atoms with Crippen LogP contribution < -0.4 is 15.0 Å². The van der Waals surface area contributed by atoms with Crippen LogP contribution in [0.5, 0.6) is 5.75 Å². The van der Waals surface area contributed by atoms with Gasteiger partial charge in [-0.1, -0.05) is 12.1 Å². The first-order chi connectivity index (χ1) is 12.6. The summed E-state index contributed by atoms with van der Waals surface area (Å²) in [5.74, 6) is -0.0957. The molecule has 1 atom stereocenters. The lowest BCUT2D eigenvalue weighted by atomic mass is 10.1. The average molecular weight is 361 g/mol. The number of hydrogen-bond acceptors (Lipinski definition) is 5. The van der Waals surface area contributed by atoms with E-state index in [2.05, 4.69) is 5.32 Å². The lowest BCUT2D eigenvalue weighted by Crippen LogP contribution is -2.43. The fourth-order valence-electron chi connectivity index (χ4n) is 3.23. The van der Waals surface area contributed by atoms with Crippen molar-refractivity contribution < 1.29 is 23.9 Å². The summed E-state index contributed by atoms with van der Waals surface area (Å²) in [5.41, 5.74) is 0.673. The van der Waals surface area contributed by atoms with Gasteiger partial charge in [0.2, 0.25) is 11.8 Å². The highest BCUT2D eigenvalue weighted by molar-refractivity contribution is 6.01. The molecule has 2 saturated heterocycles. The summed E-state index contributed by atoms with van der Waals surface area (Å²) < 4.78 is 10.3. The number of carbonyl (C=O) groups is 3. The second-order valence-corrected chi connectivity index (χ2v) is 6.32. The summed E-state index contributed by atoms with van der Waals surface area (Å²) in [4.78, 5) is 39.5. The Morgan fingerprint density at radius 3 is 2.92 bits per heavy atom. The number of nitrogens with one attached hydrogen (secondary N) is 1. The molecule has 0 bridgehead atoms. The topological polar surface area (TPSA) is 88.2 Å². The molecule has 3 rings (SSSR count). The van der Waals surface area contributed by atoms with Crippen molar-refractivity contribution in [2.24, 2.45) is 5.92 Å². The van der Waals surface area contributed by atoms with Gasteiger partial charge in [-0.2, -0.15) is 0 Å². The Bertz CT molecular complexity index is 693. The number of methoxy groups -OCH3 is 1. The van der Waals surface area contributed by atoms with Gasteiger partial charge in [0, 0.05) is 32.6 Å². The number of anilines is 1. The molecule has 0 spiro atoms. The molecule has 2 heterocycles. The van der Waals surface area contributed by atoms with Crippen LogP contribution in [0.15, 0.2) is 24.3 Å². The normalized spacial score (nSPS) is 20.1. The van der Waals surface area contributed by atoms with Crippen molar-refractivity contribution in [3.63, 3.8) is 0 Å². The van der Waals surface area contributed by atoms with Crippen LogP contribution in [0.3, 0.4) is 0 Å². The SMILES string of the molecule is COc1ccccc1N1C[C@@H](C(=O)NCCN2CCCOC2=O)CC1=O. The third kappa shape index (κ3) is 3.89. The fourth-order valence-corrected chi connectivity index (χ4v) is 3.23. The quantitative estimate of drug-likeness (QED) is 0.817. The molecule has 8 heteroatoms. The van der Waals surface area contributed by atoms with Crippen LogP contribution in [0, 0.1) is 5.92 Å².